The maximum Gasteiger partial charge on any atom is 0.406 e. The van der Waals surface area contributed by atoms with Crippen molar-refractivity contribution in [2.45, 2.75) is 69.2 Å². The van der Waals surface area contributed by atoms with Gasteiger partial charge in [-0.05, 0) is 50.4 Å². The molecule has 0 radical (unpaired) electrons. The van der Waals surface area contributed by atoms with Crippen LogP contribution in [0.3, 0.4) is 0 Å². The van der Waals surface area contributed by atoms with E-state index in [4.69, 9.17) is 16.3 Å². The molecule has 1 aromatic rings. The maximum absolute atomic E-state index is 15.4. The van der Waals surface area contributed by atoms with E-state index in [0.29, 0.717) is 50.5 Å². The number of hydrogen-bond donors (Lipinski definition) is 3. The van der Waals surface area contributed by atoms with Gasteiger partial charge in [0.2, 0.25) is 0 Å². The van der Waals surface area contributed by atoms with Gasteiger partial charge in [0.05, 0.1) is 19.8 Å². The molecule has 3 amide bonds. The van der Waals surface area contributed by atoms with Crippen molar-refractivity contribution in [3.05, 3.63) is 34.9 Å². The number of alkyl halides is 1. The molecule has 0 aromatic heterocycles. The van der Waals surface area contributed by atoms with E-state index in [1.54, 1.807) is 0 Å². The second kappa shape index (κ2) is 14.7. The number of ether oxygens (including phenoxy) is 2. The van der Waals surface area contributed by atoms with Crippen LogP contribution in [0.15, 0.2) is 24.3 Å². The Morgan fingerprint density at radius 1 is 1.24 bits per heavy atom. The van der Waals surface area contributed by atoms with Gasteiger partial charge in [0.1, 0.15) is 5.67 Å². The number of piperidine rings is 1. The van der Waals surface area contributed by atoms with Gasteiger partial charge < -0.3 is 30.3 Å². The number of urea groups is 1. The molecule has 208 valence electrons. The summed E-state index contributed by atoms with van der Waals surface area (Å²) in [5.74, 6) is 0.0460. The third-order valence-corrected chi connectivity index (χ3v) is 7.58. The van der Waals surface area contributed by atoms with Gasteiger partial charge in [0.25, 0.3) is 0 Å². The Morgan fingerprint density at radius 2 is 2.03 bits per heavy atom. The normalized spacial score (nSPS) is 21.1. The van der Waals surface area contributed by atoms with Crippen LogP contribution in [0, 0.1) is 5.92 Å². The minimum atomic E-state index is -1.21. The Labute approximate surface area is 225 Å². The second-order valence-electron chi connectivity index (χ2n) is 10.2. The molecule has 8 nitrogen and oxygen atoms in total. The van der Waals surface area contributed by atoms with Crippen molar-refractivity contribution in [2.24, 2.45) is 5.92 Å². The average Bonchev–Trinajstić information content (AvgIpc) is 2.89. The lowest BCUT2D eigenvalue weighted by Crippen LogP contribution is -2.53. The summed E-state index contributed by atoms with van der Waals surface area (Å²) in [4.78, 5) is 26.5. The van der Waals surface area contributed by atoms with Crippen LogP contribution in [-0.2, 0) is 9.47 Å². The first kappa shape index (κ1) is 29.5. The standard InChI is InChI=1S/C27H42ClFN4O4/c1-30-18-23(17-27(29)11-4-3-5-12-27)32-25(34)33-14-7-9-21(19-33)24(20-8-6-10-22(28)16-20)37-15-13-31-26(35)36-2/h6,8,10,16,21,23-24,30H,3-5,7,9,11-15,17-19H2,1-2H3,(H,31,35)(H,32,34)/t21-,23+,24+/m1/s1. The van der Waals surface area contributed by atoms with Gasteiger partial charge in [-0.15, -0.1) is 0 Å². The second-order valence-corrected chi connectivity index (χ2v) is 10.7. The first-order valence-electron chi connectivity index (χ1n) is 13.4. The summed E-state index contributed by atoms with van der Waals surface area (Å²) in [5, 5.41) is 9.45. The minimum absolute atomic E-state index is 0.0460. The van der Waals surface area contributed by atoms with Crippen LogP contribution in [0.25, 0.3) is 0 Å². The highest BCUT2D eigenvalue weighted by molar-refractivity contribution is 6.30. The summed E-state index contributed by atoms with van der Waals surface area (Å²) in [6.45, 7) is 2.27. The Bertz CT molecular complexity index is 871. The number of likely N-dealkylation sites (N-methyl/N-ethyl adjacent to an activating group) is 1. The Morgan fingerprint density at radius 3 is 2.73 bits per heavy atom. The van der Waals surface area contributed by atoms with E-state index in [9.17, 15) is 9.59 Å². The van der Waals surface area contributed by atoms with E-state index >= 15 is 4.39 Å². The number of halogens is 2. The zero-order valence-electron chi connectivity index (χ0n) is 22.1. The van der Waals surface area contributed by atoms with Gasteiger partial charge in [-0.25, -0.2) is 14.0 Å². The smallest absolute Gasteiger partial charge is 0.406 e. The number of carbonyl (C=O) groups is 2. The molecule has 37 heavy (non-hydrogen) atoms. The zero-order chi connectivity index (χ0) is 26.7. The molecule has 10 heteroatoms. The van der Waals surface area contributed by atoms with Crippen LogP contribution in [-0.4, -0.2) is 75.7 Å². The van der Waals surface area contributed by atoms with E-state index in [-0.39, 0.29) is 30.7 Å². The van der Waals surface area contributed by atoms with Crippen molar-refractivity contribution in [3.63, 3.8) is 0 Å². The Balaban J connectivity index is 1.64. The van der Waals surface area contributed by atoms with Crippen LogP contribution in [0.5, 0.6) is 0 Å². The molecule has 2 fully saturated rings. The number of methoxy groups -OCH3 is 1. The van der Waals surface area contributed by atoms with Crippen molar-refractivity contribution in [1.82, 2.24) is 20.9 Å². The first-order valence-corrected chi connectivity index (χ1v) is 13.8. The fourth-order valence-corrected chi connectivity index (χ4v) is 5.76. The fraction of sp³-hybridized carbons (Fsp3) is 0.704. The third-order valence-electron chi connectivity index (χ3n) is 7.34. The predicted octanol–water partition coefficient (Wildman–Crippen LogP) is 4.83. The van der Waals surface area contributed by atoms with Crippen LogP contribution in [0.4, 0.5) is 14.0 Å². The largest absolute Gasteiger partial charge is 0.453 e. The number of benzene rings is 1. The average molecular weight is 541 g/mol. The lowest BCUT2D eigenvalue weighted by atomic mass is 9.82. The van der Waals surface area contributed by atoms with Gasteiger partial charge in [0.15, 0.2) is 0 Å². The highest BCUT2D eigenvalue weighted by Gasteiger charge is 2.36. The van der Waals surface area contributed by atoms with Crippen molar-refractivity contribution < 1.29 is 23.5 Å². The molecule has 0 bridgehead atoms. The van der Waals surface area contributed by atoms with Gasteiger partial charge in [-0.1, -0.05) is 43.0 Å². The number of nitrogens with zero attached hydrogens (tertiary/aromatic N) is 1. The van der Waals surface area contributed by atoms with E-state index in [2.05, 4.69) is 20.7 Å². The molecule has 1 aliphatic heterocycles. The zero-order valence-corrected chi connectivity index (χ0v) is 22.8. The molecule has 1 aromatic carbocycles. The molecule has 1 saturated heterocycles. The number of likely N-dealkylation sites (tertiary alicyclic amines) is 1. The van der Waals surface area contributed by atoms with Crippen molar-refractivity contribution in [2.75, 3.05) is 46.9 Å². The highest BCUT2D eigenvalue weighted by Crippen LogP contribution is 2.36. The molecular weight excluding hydrogens is 499 g/mol. The fourth-order valence-electron chi connectivity index (χ4n) is 5.56. The molecule has 0 spiro atoms. The molecule has 1 saturated carbocycles. The maximum atomic E-state index is 15.4. The van der Waals surface area contributed by atoms with Gasteiger partial charge in [0, 0.05) is 49.6 Å². The van der Waals surface area contributed by atoms with Crippen LogP contribution in [0.1, 0.15) is 63.0 Å². The highest BCUT2D eigenvalue weighted by atomic mass is 35.5. The molecule has 3 rings (SSSR count). The predicted molar refractivity (Wildman–Crippen MR) is 143 cm³/mol. The van der Waals surface area contributed by atoms with E-state index in [1.165, 1.54) is 7.11 Å². The SMILES string of the molecule is CNC[C@H](CC1(F)CCCCC1)NC(=O)N1CCC[C@@H]([C@@H](OCCNC(=O)OC)c2cccc(Cl)c2)C1. The van der Waals surface area contributed by atoms with Gasteiger partial charge in [-0.3, -0.25) is 0 Å². The first-order chi connectivity index (χ1) is 17.8. The Kier molecular flexibility index (Phi) is 11.7. The van der Waals surface area contributed by atoms with Gasteiger partial charge >= 0.3 is 12.1 Å². The number of amides is 3. The third kappa shape index (κ3) is 9.30. The van der Waals surface area contributed by atoms with Crippen LogP contribution in [0.2, 0.25) is 5.02 Å². The molecule has 1 heterocycles. The molecular formula is C27H42ClFN4O4. The summed E-state index contributed by atoms with van der Waals surface area (Å²) in [7, 11) is 3.14. The van der Waals surface area contributed by atoms with Crippen molar-refractivity contribution in [3.8, 4) is 0 Å². The Hall–Kier alpha value is -2.10. The lowest BCUT2D eigenvalue weighted by molar-refractivity contribution is -0.00877. The number of carbonyl (C=O) groups excluding carboxylic acids is 2. The number of rotatable bonds is 11. The molecule has 1 aliphatic carbocycles. The van der Waals surface area contributed by atoms with Crippen LogP contribution >= 0.6 is 11.6 Å². The van der Waals surface area contributed by atoms with E-state index in [0.717, 1.165) is 37.7 Å². The van der Waals surface area contributed by atoms with Crippen molar-refractivity contribution in [1.29, 1.82) is 0 Å². The lowest BCUT2D eigenvalue weighted by Gasteiger charge is -2.38. The molecule has 0 unspecified atom stereocenters. The topological polar surface area (TPSA) is 91.9 Å². The summed E-state index contributed by atoms with van der Waals surface area (Å²) >= 11 is 6.27. The van der Waals surface area contributed by atoms with Crippen LogP contribution < -0.4 is 16.0 Å². The quantitative estimate of drug-likeness (QED) is 0.350. The summed E-state index contributed by atoms with van der Waals surface area (Å²) in [5.41, 5.74) is -0.274. The van der Waals surface area contributed by atoms with E-state index < -0.39 is 11.8 Å². The summed E-state index contributed by atoms with van der Waals surface area (Å²) < 4.78 is 26.2. The number of nitrogens with one attached hydrogen (secondary N) is 3. The monoisotopic (exact) mass is 540 g/mol. The van der Waals surface area contributed by atoms with Crippen molar-refractivity contribution >= 4 is 23.7 Å². The van der Waals surface area contributed by atoms with Gasteiger partial charge in [-0.2, -0.15) is 0 Å². The number of hydrogen-bond acceptors (Lipinski definition) is 5. The summed E-state index contributed by atoms with van der Waals surface area (Å²) in [6.07, 6.45) is 5.28. The number of alkyl carbamates (subject to hydrolysis) is 1. The molecule has 2 aliphatic rings. The minimum Gasteiger partial charge on any atom is -0.453 e. The van der Waals surface area contributed by atoms with E-state index in [1.807, 2.05) is 36.2 Å². The molecule has 3 N–H and O–H groups in total. The summed E-state index contributed by atoms with van der Waals surface area (Å²) in [6, 6.07) is 7.11. The molecule has 3 atom stereocenters.